The summed E-state index contributed by atoms with van der Waals surface area (Å²) in [6.45, 7) is 0.961. The minimum absolute atomic E-state index is 0.138. The van der Waals surface area contributed by atoms with Crippen LogP contribution in [-0.2, 0) is 6.42 Å². The largest absolute Gasteiger partial charge is 0.385 e. The average molecular weight is 254 g/mol. The van der Waals surface area contributed by atoms with Gasteiger partial charge in [-0.1, -0.05) is 6.07 Å². The van der Waals surface area contributed by atoms with E-state index < -0.39 is 0 Å². The number of fused-ring (bicyclic) bond motifs is 1. The molecule has 0 aliphatic carbocycles. The third-order valence-electron chi connectivity index (χ3n) is 3.15. The highest BCUT2D eigenvalue weighted by Crippen LogP contribution is 2.25. The van der Waals surface area contributed by atoms with Gasteiger partial charge < -0.3 is 10.6 Å². The Morgan fingerprint density at radius 2 is 2.21 bits per heavy atom. The smallest absolute Gasteiger partial charge is 0.257 e. The topological polar surface area (TPSA) is 66.9 Å². The zero-order chi connectivity index (χ0) is 13.1. The molecule has 5 heteroatoms. The number of anilines is 2. The first kappa shape index (κ1) is 11.6. The van der Waals surface area contributed by atoms with Crippen molar-refractivity contribution < 1.29 is 4.79 Å². The Labute approximate surface area is 111 Å². The fraction of sp³-hybridized carbons (Fsp3) is 0.214. The maximum atomic E-state index is 12.3. The summed E-state index contributed by atoms with van der Waals surface area (Å²) in [6, 6.07) is 9.21. The number of nitrogens with one attached hydrogen (secondary N) is 2. The van der Waals surface area contributed by atoms with Crippen molar-refractivity contribution in [3.8, 4) is 0 Å². The molecule has 1 aliphatic rings. The van der Waals surface area contributed by atoms with Gasteiger partial charge in [-0.2, -0.15) is 5.10 Å². The van der Waals surface area contributed by atoms with E-state index in [-0.39, 0.29) is 5.91 Å². The second-order valence-corrected chi connectivity index (χ2v) is 4.43. The van der Waals surface area contributed by atoms with Crippen LogP contribution in [0.5, 0.6) is 0 Å². The van der Waals surface area contributed by atoms with Gasteiger partial charge in [-0.3, -0.25) is 4.79 Å². The van der Waals surface area contributed by atoms with Gasteiger partial charge in [0.1, 0.15) is 0 Å². The zero-order valence-electron chi connectivity index (χ0n) is 10.4. The van der Waals surface area contributed by atoms with Crippen molar-refractivity contribution in [1.82, 2.24) is 10.2 Å². The van der Waals surface area contributed by atoms with Crippen LogP contribution in [0.1, 0.15) is 22.3 Å². The maximum Gasteiger partial charge on any atom is 0.257 e. The fourth-order valence-electron chi connectivity index (χ4n) is 2.27. The normalized spacial score (nSPS) is 13.3. The molecule has 0 atom stereocenters. The third kappa shape index (κ3) is 2.40. The first-order chi connectivity index (χ1) is 9.34. The van der Waals surface area contributed by atoms with Gasteiger partial charge in [-0.05, 0) is 42.7 Å². The van der Waals surface area contributed by atoms with Crippen LogP contribution in [0.25, 0.3) is 0 Å². The van der Waals surface area contributed by atoms with E-state index >= 15 is 0 Å². The van der Waals surface area contributed by atoms with Gasteiger partial charge in [0.05, 0.1) is 0 Å². The van der Waals surface area contributed by atoms with E-state index in [4.69, 9.17) is 0 Å². The van der Waals surface area contributed by atoms with E-state index in [0.717, 1.165) is 30.6 Å². The predicted molar refractivity (Wildman–Crippen MR) is 73.2 cm³/mol. The molecule has 3 rings (SSSR count). The van der Waals surface area contributed by atoms with Crippen molar-refractivity contribution >= 4 is 17.4 Å². The Kier molecular flexibility index (Phi) is 3.10. The lowest BCUT2D eigenvalue weighted by molar-refractivity contribution is 0.102. The third-order valence-corrected chi connectivity index (χ3v) is 3.15. The molecular weight excluding hydrogens is 240 g/mol. The summed E-state index contributed by atoms with van der Waals surface area (Å²) < 4.78 is 0. The highest BCUT2D eigenvalue weighted by molar-refractivity contribution is 6.05. The van der Waals surface area contributed by atoms with Gasteiger partial charge >= 0.3 is 0 Å². The molecule has 1 amide bonds. The van der Waals surface area contributed by atoms with Crippen molar-refractivity contribution in [3.63, 3.8) is 0 Å². The molecule has 2 N–H and O–H groups in total. The van der Waals surface area contributed by atoms with Gasteiger partial charge in [0.25, 0.3) is 5.91 Å². The standard InChI is InChI=1S/C14H14N4O/c19-14(17-13-7-3-9-16-18-13)11-4-1-6-12-10(11)5-2-8-15-12/h1,3-4,6-7,9,15H,2,5,8H2,(H,17,18,19). The van der Waals surface area contributed by atoms with Crippen LogP contribution in [-0.4, -0.2) is 22.6 Å². The zero-order valence-corrected chi connectivity index (χ0v) is 10.4. The number of hydrogen-bond acceptors (Lipinski definition) is 4. The Morgan fingerprint density at radius 3 is 3.05 bits per heavy atom. The minimum atomic E-state index is -0.138. The number of aromatic nitrogens is 2. The number of nitrogens with zero attached hydrogens (tertiary/aromatic N) is 2. The molecule has 1 aromatic carbocycles. The molecule has 19 heavy (non-hydrogen) atoms. The number of hydrogen-bond donors (Lipinski definition) is 2. The van der Waals surface area contributed by atoms with Crippen LogP contribution >= 0.6 is 0 Å². The molecule has 0 unspecified atom stereocenters. The molecule has 0 saturated heterocycles. The van der Waals surface area contributed by atoms with Crippen LogP contribution in [0.3, 0.4) is 0 Å². The number of amides is 1. The number of carbonyl (C=O) groups excluding carboxylic acids is 1. The van der Waals surface area contributed by atoms with Crippen LogP contribution < -0.4 is 10.6 Å². The lowest BCUT2D eigenvalue weighted by atomic mass is 9.97. The molecule has 0 fully saturated rings. The molecule has 2 aromatic rings. The van der Waals surface area contributed by atoms with Gasteiger partial charge in [0.2, 0.25) is 0 Å². The number of rotatable bonds is 2. The maximum absolute atomic E-state index is 12.3. The number of carbonyl (C=O) groups is 1. The highest BCUT2D eigenvalue weighted by atomic mass is 16.1. The average Bonchev–Trinajstić information content (AvgIpc) is 2.47. The molecule has 5 nitrogen and oxygen atoms in total. The summed E-state index contributed by atoms with van der Waals surface area (Å²) in [7, 11) is 0. The van der Waals surface area contributed by atoms with Crippen LogP contribution in [0.4, 0.5) is 11.5 Å². The van der Waals surface area contributed by atoms with E-state index in [1.807, 2.05) is 18.2 Å². The quantitative estimate of drug-likeness (QED) is 0.861. The van der Waals surface area contributed by atoms with Crippen LogP contribution in [0.15, 0.2) is 36.5 Å². The van der Waals surface area contributed by atoms with Crippen molar-refractivity contribution in [3.05, 3.63) is 47.7 Å². The van der Waals surface area contributed by atoms with Gasteiger partial charge in [-0.25, -0.2) is 0 Å². The Balaban J connectivity index is 1.88. The van der Waals surface area contributed by atoms with Gasteiger partial charge in [0.15, 0.2) is 5.82 Å². The second-order valence-electron chi connectivity index (χ2n) is 4.43. The molecule has 2 heterocycles. The van der Waals surface area contributed by atoms with Crippen molar-refractivity contribution in [2.24, 2.45) is 0 Å². The van der Waals surface area contributed by atoms with E-state index in [2.05, 4.69) is 20.8 Å². The van der Waals surface area contributed by atoms with Crippen LogP contribution in [0.2, 0.25) is 0 Å². The second kappa shape index (κ2) is 5.06. The molecule has 0 radical (unpaired) electrons. The van der Waals surface area contributed by atoms with E-state index in [0.29, 0.717) is 11.4 Å². The molecular formula is C14H14N4O. The molecule has 0 saturated carbocycles. The van der Waals surface area contributed by atoms with Gasteiger partial charge in [0, 0.05) is 24.0 Å². The Bertz CT molecular complexity index is 598. The van der Waals surface area contributed by atoms with Gasteiger partial charge in [-0.15, -0.1) is 5.10 Å². The highest BCUT2D eigenvalue weighted by Gasteiger charge is 2.17. The molecule has 0 spiro atoms. The molecule has 1 aromatic heterocycles. The molecule has 96 valence electrons. The van der Waals surface area contributed by atoms with E-state index in [1.54, 1.807) is 18.3 Å². The summed E-state index contributed by atoms with van der Waals surface area (Å²) in [6.07, 6.45) is 3.54. The minimum Gasteiger partial charge on any atom is -0.385 e. The van der Waals surface area contributed by atoms with E-state index in [9.17, 15) is 4.79 Å². The Hall–Kier alpha value is -2.43. The van der Waals surface area contributed by atoms with Crippen molar-refractivity contribution in [2.75, 3.05) is 17.2 Å². The number of benzene rings is 1. The SMILES string of the molecule is O=C(Nc1cccnn1)c1cccc2c1CCCN2. The Morgan fingerprint density at radius 1 is 1.26 bits per heavy atom. The summed E-state index contributed by atoms with van der Waals surface area (Å²) >= 11 is 0. The first-order valence-electron chi connectivity index (χ1n) is 6.29. The summed E-state index contributed by atoms with van der Waals surface area (Å²) in [4.78, 5) is 12.3. The van der Waals surface area contributed by atoms with Crippen molar-refractivity contribution in [2.45, 2.75) is 12.8 Å². The lowest BCUT2D eigenvalue weighted by Crippen LogP contribution is -2.19. The summed E-state index contributed by atoms with van der Waals surface area (Å²) in [5.74, 6) is 0.329. The lowest BCUT2D eigenvalue weighted by Gasteiger charge is -2.20. The summed E-state index contributed by atoms with van der Waals surface area (Å²) in [5.41, 5.74) is 2.84. The fourth-order valence-corrected chi connectivity index (χ4v) is 2.27. The first-order valence-corrected chi connectivity index (χ1v) is 6.29. The van der Waals surface area contributed by atoms with Crippen molar-refractivity contribution in [1.29, 1.82) is 0 Å². The monoisotopic (exact) mass is 254 g/mol. The van der Waals surface area contributed by atoms with Crippen LogP contribution in [0, 0.1) is 0 Å². The summed E-state index contributed by atoms with van der Waals surface area (Å²) in [5, 5.41) is 13.7. The predicted octanol–water partition coefficient (Wildman–Crippen LogP) is 2.09. The van der Waals surface area contributed by atoms with E-state index in [1.165, 1.54) is 0 Å². The molecule has 1 aliphatic heterocycles. The molecule has 0 bridgehead atoms.